The highest BCUT2D eigenvalue weighted by atomic mass is 16.7. The Morgan fingerprint density at radius 3 is 2.38 bits per heavy atom. The van der Waals surface area contributed by atoms with E-state index in [2.05, 4.69) is 22.8 Å². The van der Waals surface area contributed by atoms with Crippen LogP contribution in [-0.4, -0.2) is 55.0 Å². The maximum absolute atomic E-state index is 13.6. The summed E-state index contributed by atoms with van der Waals surface area (Å²) in [6.07, 6.45) is 7.15. The highest BCUT2D eigenvalue weighted by Crippen LogP contribution is 2.42. The van der Waals surface area contributed by atoms with Crippen LogP contribution in [0, 0.1) is 10.8 Å². The zero-order valence-electron chi connectivity index (χ0n) is 24.1. The van der Waals surface area contributed by atoms with Gasteiger partial charge < -0.3 is 24.8 Å². The monoisotopic (exact) mass is 542 g/mol. The first-order valence-electron chi connectivity index (χ1n) is 14.6. The number of amides is 2. The van der Waals surface area contributed by atoms with Gasteiger partial charge in [0.2, 0.25) is 11.8 Å². The second-order valence-corrected chi connectivity index (χ2v) is 12.8. The van der Waals surface area contributed by atoms with Gasteiger partial charge in [0.1, 0.15) is 12.2 Å². The van der Waals surface area contributed by atoms with Crippen LogP contribution in [-0.2, 0) is 35.0 Å². The largest absolute Gasteiger partial charge is 0.460 e. The third kappa shape index (κ3) is 7.60. The Bertz CT molecular complexity index is 1000. The van der Waals surface area contributed by atoms with Crippen molar-refractivity contribution in [2.75, 3.05) is 13.2 Å². The van der Waals surface area contributed by atoms with Crippen LogP contribution in [0.1, 0.15) is 91.0 Å². The van der Waals surface area contributed by atoms with E-state index >= 15 is 0 Å². The Hall–Kier alpha value is -2.45. The summed E-state index contributed by atoms with van der Waals surface area (Å²) < 4.78 is 17.4. The molecule has 216 valence electrons. The van der Waals surface area contributed by atoms with Gasteiger partial charge in [-0.25, -0.2) is 0 Å². The van der Waals surface area contributed by atoms with Gasteiger partial charge in [-0.3, -0.25) is 14.4 Å². The number of carbonyl (C=O) groups is 3. The molecular weight excluding hydrogens is 496 g/mol. The molecule has 0 spiro atoms. The number of hydrogen-bond acceptors (Lipinski definition) is 6. The molecule has 1 aromatic rings. The molecular formula is C31H46N2O6. The van der Waals surface area contributed by atoms with Crippen molar-refractivity contribution in [3.05, 3.63) is 35.9 Å². The van der Waals surface area contributed by atoms with Crippen molar-refractivity contribution < 1.29 is 28.6 Å². The van der Waals surface area contributed by atoms with Crippen molar-refractivity contribution in [1.29, 1.82) is 0 Å². The molecule has 8 nitrogen and oxygen atoms in total. The summed E-state index contributed by atoms with van der Waals surface area (Å²) in [5, 5.41) is 6.13. The van der Waals surface area contributed by atoms with Gasteiger partial charge in [-0.1, -0.05) is 63.4 Å². The zero-order chi connectivity index (χ0) is 28.1. The fourth-order valence-electron chi connectivity index (χ4n) is 6.18. The predicted molar refractivity (Wildman–Crippen MR) is 148 cm³/mol. The molecule has 1 aliphatic heterocycles. The number of esters is 1. The van der Waals surface area contributed by atoms with Crippen molar-refractivity contribution >= 4 is 17.8 Å². The van der Waals surface area contributed by atoms with E-state index in [1.54, 1.807) is 13.8 Å². The van der Waals surface area contributed by atoms with Gasteiger partial charge in [0, 0.05) is 12.0 Å². The summed E-state index contributed by atoms with van der Waals surface area (Å²) in [5.41, 5.74) is 0.304. The van der Waals surface area contributed by atoms with Gasteiger partial charge in [0.25, 0.3) is 0 Å². The molecule has 3 atom stereocenters. The molecule has 1 heterocycles. The molecule has 3 aliphatic rings. The molecule has 4 rings (SSSR count). The summed E-state index contributed by atoms with van der Waals surface area (Å²) >= 11 is 0. The third-order valence-electron chi connectivity index (χ3n) is 8.50. The number of carbonyl (C=O) groups excluding carboxylic acids is 3. The van der Waals surface area contributed by atoms with E-state index in [1.165, 1.54) is 5.56 Å². The third-order valence-corrected chi connectivity index (χ3v) is 8.50. The molecule has 2 amide bonds. The van der Waals surface area contributed by atoms with Crippen LogP contribution in [0.15, 0.2) is 30.3 Å². The van der Waals surface area contributed by atoms with Gasteiger partial charge in [0.15, 0.2) is 5.79 Å². The molecule has 1 saturated heterocycles. The first-order valence-corrected chi connectivity index (χ1v) is 14.6. The Balaban J connectivity index is 1.28. The van der Waals surface area contributed by atoms with E-state index < -0.39 is 22.7 Å². The molecule has 0 bridgehead atoms. The molecule has 0 aromatic heterocycles. The summed E-state index contributed by atoms with van der Waals surface area (Å²) in [4.78, 5) is 39.2. The fourth-order valence-corrected chi connectivity index (χ4v) is 6.18. The van der Waals surface area contributed by atoms with E-state index in [0.29, 0.717) is 6.61 Å². The normalized spacial score (nSPS) is 27.3. The summed E-state index contributed by atoms with van der Waals surface area (Å²) in [6, 6.07) is 10.0. The maximum atomic E-state index is 13.6. The number of rotatable bonds is 9. The van der Waals surface area contributed by atoms with Crippen molar-refractivity contribution in [2.45, 2.75) is 116 Å². The maximum Gasteiger partial charge on any atom is 0.307 e. The second kappa shape index (κ2) is 12.4. The van der Waals surface area contributed by atoms with Crippen LogP contribution in [0.3, 0.4) is 0 Å². The highest BCUT2D eigenvalue weighted by molar-refractivity contribution is 5.84. The summed E-state index contributed by atoms with van der Waals surface area (Å²) in [5.74, 6) is -1.37. The summed E-state index contributed by atoms with van der Waals surface area (Å²) in [6.45, 7) is 7.99. The van der Waals surface area contributed by atoms with Gasteiger partial charge in [0.05, 0.1) is 24.5 Å². The molecule has 2 saturated carbocycles. The van der Waals surface area contributed by atoms with Crippen molar-refractivity contribution in [3.8, 4) is 0 Å². The van der Waals surface area contributed by atoms with Crippen LogP contribution >= 0.6 is 0 Å². The minimum absolute atomic E-state index is 0.0634. The van der Waals surface area contributed by atoms with Crippen LogP contribution < -0.4 is 10.6 Å². The first kappa shape index (κ1) is 29.5. The number of benzene rings is 1. The van der Waals surface area contributed by atoms with Crippen LogP contribution in [0.4, 0.5) is 0 Å². The Labute approximate surface area is 232 Å². The molecule has 0 radical (unpaired) electrons. The zero-order valence-corrected chi connectivity index (χ0v) is 24.1. The Kier molecular flexibility index (Phi) is 9.37. The molecule has 2 N–H and O–H groups in total. The quantitative estimate of drug-likeness (QED) is 0.447. The Morgan fingerprint density at radius 2 is 1.67 bits per heavy atom. The summed E-state index contributed by atoms with van der Waals surface area (Å²) in [7, 11) is 0. The van der Waals surface area contributed by atoms with E-state index in [-0.39, 0.29) is 42.9 Å². The molecule has 8 heteroatoms. The predicted octanol–water partition coefficient (Wildman–Crippen LogP) is 4.44. The average Bonchev–Trinajstić information content (AvgIpc) is 3.37. The highest BCUT2D eigenvalue weighted by Gasteiger charge is 2.46. The molecule has 1 unspecified atom stereocenters. The molecule has 39 heavy (non-hydrogen) atoms. The smallest absolute Gasteiger partial charge is 0.307 e. The van der Waals surface area contributed by atoms with Gasteiger partial charge in [-0.05, 0) is 57.9 Å². The van der Waals surface area contributed by atoms with E-state index in [9.17, 15) is 14.4 Å². The minimum atomic E-state index is -0.838. The van der Waals surface area contributed by atoms with Crippen LogP contribution in [0.25, 0.3) is 0 Å². The number of nitrogens with one attached hydrogen (secondary N) is 2. The van der Waals surface area contributed by atoms with Crippen LogP contribution in [0.2, 0.25) is 0 Å². The standard InChI is InChI=1S/C31H46N2O6/c1-29(2)21-37-30(3,4)39-26(29)27(35)32-19-16-25(34)38-24-15-9-8-14-23(24)33-28(36)31(17-10-11-18-31)20-22-12-6-5-7-13-22/h5-7,12-13,23-24,26H,8-11,14-21H2,1-4H3,(H,32,35)(H,33,36)/t23-,24-,26?/m0/s1. The number of hydrogen-bond donors (Lipinski definition) is 2. The molecule has 2 aliphatic carbocycles. The molecule has 1 aromatic carbocycles. The lowest BCUT2D eigenvalue weighted by molar-refractivity contribution is -0.304. The lowest BCUT2D eigenvalue weighted by Crippen LogP contribution is -2.56. The average molecular weight is 543 g/mol. The topological polar surface area (TPSA) is 103 Å². The van der Waals surface area contributed by atoms with Crippen LogP contribution in [0.5, 0.6) is 0 Å². The number of ether oxygens (including phenoxy) is 3. The van der Waals surface area contributed by atoms with Crippen molar-refractivity contribution in [3.63, 3.8) is 0 Å². The van der Waals surface area contributed by atoms with Gasteiger partial charge in [-0.2, -0.15) is 0 Å². The SMILES string of the molecule is CC1(C)OCC(C)(C)C(C(=O)NCCC(=O)O[C@H]2CCCC[C@@H]2NC(=O)C2(Cc3ccccc3)CCCC2)O1. The van der Waals surface area contributed by atoms with Crippen molar-refractivity contribution in [1.82, 2.24) is 10.6 Å². The minimum Gasteiger partial charge on any atom is -0.460 e. The Morgan fingerprint density at radius 1 is 0.974 bits per heavy atom. The fraction of sp³-hybridized carbons (Fsp3) is 0.710. The van der Waals surface area contributed by atoms with Gasteiger partial charge in [-0.15, -0.1) is 0 Å². The second-order valence-electron chi connectivity index (χ2n) is 12.8. The lowest BCUT2D eigenvalue weighted by atomic mass is 9.78. The first-order chi connectivity index (χ1) is 18.5. The van der Waals surface area contributed by atoms with Gasteiger partial charge >= 0.3 is 5.97 Å². The van der Waals surface area contributed by atoms with E-state index in [4.69, 9.17) is 14.2 Å². The molecule has 3 fully saturated rings. The van der Waals surface area contributed by atoms with E-state index in [1.807, 2.05) is 32.0 Å². The van der Waals surface area contributed by atoms with E-state index in [0.717, 1.165) is 57.8 Å². The lowest BCUT2D eigenvalue weighted by Gasteiger charge is -2.44. The van der Waals surface area contributed by atoms with Crippen molar-refractivity contribution in [2.24, 2.45) is 10.8 Å².